The molecule has 4 heteroatoms. The molecule has 1 unspecified atom stereocenters. The number of aromatic nitrogens is 1. The Morgan fingerprint density at radius 3 is 2.81 bits per heavy atom. The van der Waals surface area contributed by atoms with Gasteiger partial charge in [0.25, 0.3) is 0 Å². The van der Waals surface area contributed by atoms with Gasteiger partial charge in [0.15, 0.2) is 0 Å². The largest absolute Gasteiger partial charge is 0.308 e. The molecule has 21 heavy (non-hydrogen) atoms. The molecule has 1 aliphatic heterocycles. The van der Waals surface area contributed by atoms with Crippen LogP contribution in [-0.4, -0.2) is 35.6 Å². The van der Waals surface area contributed by atoms with E-state index in [9.17, 15) is 0 Å². The summed E-state index contributed by atoms with van der Waals surface area (Å²) in [7, 11) is 0. The molecule has 1 N–H and O–H groups in total. The zero-order chi connectivity index (χ0) is 14.7. The molecule has 2 heterocycles. The van der Waals surface area contributed by atoms with E-state index in [0.717, 1.165) is 18.0 Å². The van der Waals surface area contributed by atoms with Gasteiger partial charge < -0.3 is 10.2 Å². The van der Waals surface area contributed by atoms with Crippen molar-refractivity contribution in [1.29, 1.82) is 0 Å². The van der Waals surface area contributed by atoms with Crippen LogP contribution in [-0.2, 0) is 6.54 Å². The predicted molar refractivity (Wildman–Crippen MR) is 90.8 cm³/mol. The number of piperidine rings is 1. The molecule has 0 bridgehead atoms. The molecule has 1 aliphatic rings. The highest BCUT2D eigenvalue weighted by atomic mass is 32.1. The van der Waals surface area contributed by atoms with E-state index >= 15 is 0 Å². The molecule has 0 aliphatic carbocycles. The molecule has 3 rings (SSSR count). The van der Waals surface area contributed by atoms with Crippen LogP contribution in [0.3, 0.4) is 0 Å². The van der Waals surface area contributed by atoms with E-state index in [1.165, 1.54) is 42.2 Å². The van der Waals surface area contributed by atoms with E-state index in [-0.39, 0.29) is 0 Å². The second-order valence-corrected chi connectivity index (χ2v) is 7.13. The number of benzene rings is 1. The molecule has 0 radical (unpaired) electrons. The van der Waals surface area contributed by atoms with E-state index in [4.69, 9.17) is 4.98 Å². The van der Waals surface area contributed by atoms with Crippen LogP contribution in [0.15, 0.2) is 24.3 Å². The van der Waals surface area contributed by atoms with Gasteiger partial charge in [-0.2, -0.15) is 0 Å². The maximum Gasteiger partial charge on any atom is 0.108 e. The number of para-hydroxylation sites is 1. The average molecular weight is 303 g/mol. The first-order valence-corrected chi connectivity index (χ1v) is 8.88. The molecule has 0 spiro atoms. The topological polar surface area (TPSA) is 28.2 Å². The van der Waals surface area contributed by atoms with Crippen molar-refractivity contribution >= 4 is 21.6 Å². The number of thiazole rings is 1. The Morgan fingerprint density at radius 1 is 1.33 bits per heavy atom. The Morgan fingerprint density at radius 2 is 2.10 bits per heavy atom. The molecule has 1 aromatic carbocycles. The van der Waals surface area contributed by atoms with Gasteiger partial charge in [-0.15, -0.1) is 11.3 Å². The smallest absolute Gasteiger partial charge is 0.108 e. The highest BCUT2D eigenvalue weighted by molar-refractivity contribution is 7.18. The summed E-state index contributed by atoms with van der Waals surface area (Å²) < 4.78 is 1.29. The standard InChI is InChI=1S/C17H25N3S/c1-3-20-10-8-14(9-11-20)13(2)18-12-17-19-15-6-4-5-7-16(15)21-17/h4-7,13-14,18H,3,8-12H2,1-2H3. The zero-order valence-electron chi connectivity index (χ0n) is 13.0. The van der Waals surface area contributed by atoms with Crippen LogP contribution in [0.4, 0.5) is 0 Å². The first-order chi connectivity index (χ1) is 10.3. The number of rotatable bonds is 5. The fourth-order valence-electron chi connectivity index (χ4n) is 3.18. The van der Waals surface area contributed by atoms with Crippen LogP contribution < -0.4 is 5.32 Å². The van der Waals surface area contributed by atoms with Crippen LogP contribution in [0.1, 0.15) is 31.7 Å². The fraction of sp³-hybridized carbons (Fsp3) is 0.588. The number of likely N-dealkylation sites (tertiary alicyclic amines) is 1. The fourth-order valence-corrected chi connectivity index (χ4v) is 4.10. The van der Waals surface area contributed by atoms with Gasteiger partial charge in [0.2, 0.25) is 0 Å². The third-order valence-corrected chi connectivity index (χ3v) is 5.74. The van der Waals surface area contributed by atoms with Gasteiger partial charge in [-0.3, -0.25) is 0 Å². The monoisotopic (exact) mass is 303 g/mol. The second-order valence-electron chi connectivity index (χ2n) is 6.02. The van der Waals surface area contributed by atoms with Gasteiger partial charge in [-0.25, -0.2) is 4.98 Å². The first-order valence-electron chi connectivity index (χ1n) is 8.06. The SMILES string of the molecule is CCN1CCC(C(C)NCc2nc3ccccc3s2)CC1. The van der Waals surface area contributed by atoms with Gasteiger partial charge in [-0.1, -0.05) is 19.1 Å². The van der Waals surface area contributed by atoms with Gasteiger partial charge >= 0.3 is 0 Å². The lowest BCUT2D eigenvalue weighted by Crippen LogP contribution is -2.41. The molecular formula is C17H25N3S. The molecule has 2 aromatic rings. The Hall–Kier alpha value is -0.970. The molecule has 1 aromatic heterocycles. The van der Waals surface area contributed by atoms with Crippen LogP contribution in [0.5, 0.6) is 0 Å². The maximum atomic E-state index is 4.70. The molecule has 114 valence electrons. The molecule has 1 saturated heterocycles. The summed E-state index contributed by atoms with van der Waals surface area (Å²) in [6.07, 6.45) is 2.64. The molecule has 1 atom stereocenters. The summed E-state index contributed by atoms with van der Waals surface area (Å²) in [5.74, 6) is 0.808. The van der Waals surface area contributed by atoms with Gasteiger partial charge in [0, 0.05) is 12.6 Å². The summed E-state index contributed by atoms with van der Waals surface area (Å²) in [4.78, 5) is 7.26. The van der Waals surface area contributed by atoms with Crippen molar-refractivity contribution in [3.05, 3.63) is 29.3 Å². The van der Waals surface area contributed by atoms with Crippen LogP contribution in [0, 0.1) is 5.92 Å². The Balaban J connectivity index is 1.52. The lowest BCUT2D eigenvalue weighted by Gasteiger charge is -2.34. The summed E-state index contributed by atoms with van der Waals surface area (Å²) in [6, 6.07) is 8.97. The summed E-state index contributed by atoms with van der Waals surface area (Å²) >= 11 is 1.81. The van der Waals surface area contributed by atoms with E-state index in [0.29, 0.717) is 6.04 Å². The molecular weight excluding hydrogens is 278 g/mol. The van der Waals surface area contributed by atoms with Crippen LogP contribution in [0.2, 0.25) is 0 Å². The summed E-state index contributed by atoms with van der Waals surface area (Å²) in [6.45, 7) is 9.20. The lowest BCUT2D eigenvalue weighted by molar-refractivity contribution is 0.168. The average Bonchev–Trinajstić information content (AvgIpc) is 2.95. The highest BCUT2D eigenvalue weighted by Gasteiger charge is 2.22. The van der Waals surface area contributed by atoms with Gasteiger partial charge in [0.1, 0.15) is 5.01 Å². The quantitative estimate of drug-likeness (QED) is 0.916. The van der Waals surface area contributed by atoms with E-state index < -0.39 is 0 Å². The first kappa shape index (κ1) is 14.9. The number of hydrogen-bond donors (Lipinski definition) is 1. The van der Waals surface area contributed by atoms with Crippen molar-refractivity contribution in [3.8, 4) is 0 Å². The van der Waals surface area contributed by atoms with Gasteiger partial charge in [-0.05, 0) is 57.5 Å². The van der Waals surface area contributed by atoms with Crippen molar-refractivity contribution in [2.45, 2.75) is 39.3 Å². The normalized spacial score (nSPS) is 19.1. The Kier molecular flexibility index (Phi) is 4.88. The lowest BCUT2D eigenvalue weighted by atomic mass is 9.90. The number of hydrogen-bond acceptors (Lipinski definition) is 4. The minimum absolute atomic E-state index is 0.580. The highest BCUT2D eigenvalue weighted by Crippen LogP contribution is 2.23. The Bertz CT molecular complexity index is 539. The molecule has 0 saturated carbocycles. The molecule has 0 amide bonds. The molecule has 3 nitrogen and oxygen atoms in total. The maximum absolute atomic E-state index is 4.70. The minimum Gasteiger partial charge on any atom is -0.308 e. The van der Waals surface area contributed by atoms with Gasteiger partial charge in [0.05, 0.1) is 10.2 Å². The minimum atomic E-state index is 0.580. The van der Waals surface area contributed by atoms with Crippen molar-refractivity contribution < 1.29 is 0 Å². The van der Waals surface area contributed by atoms with Crippen molar-refractivity contribution in [1.82, 2.24) is 15.2 Å². The predicted octanol–water partition coefficient (Wildman–Crippen LogP) is 3.51. The second kappa shape index (κ2) is 6.86. The third-order valence-electron chi connectivity index (χ3n) is 4.70. The van der Waals surface area contributed by atoms with Crippen molar-refractivity contribution in [3.63, 3.8) is 0 Å². The van der Waals surface area contributed by atoms with E-state index in [1.807, 2.05) is 11.3 Å². The molecule has 1 fully saturated rings. The zero-order valence-corrected chi connectivity index (χ0v) is 13.8. The van der Waals surface area contributed by atoms with Crippen molar-refractivity contribution in [2.75, 3.05) is 19.6 Å². The number of nitrogens with zero attached hydrogens (tertiary/aromatic N) is 2. The Labute approximate surface area is 131 Å². The summed E-state index contributed by atoms with van der Waals surface area (Å²) in [5, 5.41) is 4.89. The van der Waals surface area contributed by atoms with E-state index in [2.05, 4.69) is 48.3 Å². The van der Waals surface area contributed by atoms with Crippen molar-refractivity contribution in [2.24, 2.45) is 5.92 Å². The third kappa shape index (κ3) is 3.62. The number of nitrogens with one attached hydrogen (secondary N) is 1. The van der Waals surface area contributed by atoms with E-state index in [1.54, 1.807) is 0 Å². The van der Waals surface area contributed by atoms with Crippen LogP contribution in [0.25, 0.3) is 10.2 Å². The van der Waals surface area contributed by atoms with Crippen LogP contribution >= 0.6 is 11.3 Å². The number of fused-ring (bicyclic) bond motifs is 1. The summed E-state index contributed by atoms with van der Waals surface area (Å²) in [5.41, 5.74) is 1.13.